The van der Waals surface area contributed by atoms with Gasteiger partial charge in [0.25, 0.3) is 0 Å². The van der Waals surface area contributed by atoms with Gasteiger partial charge in [-0.3, -0.25) is 14.5 Å². The lowest BCUT2D eigenvalue weighted by molar-refractivity contribution is -0.140. The molecule has 0 unspecified atom stereocenters. The second-order valence-electron chi connectivity index (χ2n) is 7.47. The number of hydrogen-bond acceptors (Lipinski definition) is 10. The van der Waals surface area contributed by atoms with E-state index in [2.05, 4.69) is 4.90 Å². The van der Waals surface area contributed by atoms with Crippen molar-refractivity contribution in [2.75, 3.05) is 47.3 Å². The van der Waals surface area contributed by atoms with Gasteiger partial charge >= 0.3 is 5.97 Å². The molecule has 4 rings (SSSR count). The molecule has 32 heavy (non-hydrogen) atoms. The Balaban J connectivity index is 1.76. The highest BCUT2D eigenvalue weighted by Crippen LogP contribution is 2.45. The molecular weight excluding hydrogens is 422 g/mol. The predicted molar refractivity (Wildman–Crippen MR) is 110 cm³/mol. The van der Waals surface area contributed by atoms with Gasteiger partial charge in [0.1, 0.15) is 5.76 Å². The van der Waals surface area contributed by atoms with Gasteiger partial charge in [-0.2, -0.15) is 0 Å². The third-order valence-electron chi connectivity index (χ3n) is 5.48. The summed E-state index contributed by atoms with van der Waals surface area (Å²) in [6.07, 6.45) is -0.170. The standard InChI is InChI=1S/C22H25NO9/c1-27-17-7-13(8-18-22(17)31-12-30-18)15(10-19(25)28-2)21-20(26)16(24)9-14(32-21)11-23-3-5-29-6-4-23/h7-9,15,26H,3-6,10-12H2,1-2H3/t15-/m1/s1. The number of ether oxygens (including phenoxy) is 5. The summed E-state index contributed by atoms with van der Waals surface area (Å²) in [5.74, 6) is -0.271. The van der Waals surface area contributed by atoms with Crippen LogP contribution in [0.5, 0.6) is 23.0 Å². The number of rotatable bonds is 7. The molecule has 1 N–H and O–H groups in total. The van der Waals surface area contributed by atoms with Crippen molar-refractivity contribution >= 4 is 5.97 Å². The minimum absolute atomic E-state index is 0.0212. The number of hydrogen-bond donors (Lipinski definition) is 1. The molecule has 3 heterocycles. The Morgan fingerprint density at radius 3 is 2.69 bits per heavy atom. The fourth-order valence-electron chi connectivity index (χ4n) is 3.81. The summed E-state index contributed by atoms with van der Waals surface area (Å²) in [6.45, 7) is 3.00. The number of esters is 1. The number of carbonyl (C=O) groups is 1. The van der Waals surface area contributed by atoms with Crippen molar-refractivity contribution in [3.05, 3.63) is 45.5 Å². The maximum Gasteiger partial charge on any atom is 0.306 e. The first-order valence-corrected chi connectivity index (χ1v) is 10.2. The number of morpholine rings is 1. The largest absolute Gasteiger partial charge is 0.502 e. The Labute approximate surface area is 184 Å². The lowest BCUT2D eigenvalue weighted by atomic mass is 9.91. The molecule has 2 aromatic rings. The minimum atomic E-state index is -0.816. The van der Waals surface area contributed by atoms with Crippen LogP contribution in [-0.2, 0) is 20.8 Å². The van der Waals surface area contributed by atoms with Gasteiger partial charge in [-0.1, -0.05) is 0 Å². The molecule has 1 aromatic carbocycles. The first kappa shape index (κ1) is 22.0. The molecule has 172 valence electrons. The van der Waals surface area contributed by atoms with E-state index in [4.69, 9.17) is 28.1 Å². The van der Waals surface area contributed by atoms with Gasteiger partial charge in [-0.25, -0.2) is 0 Å². The predicted octanol–water partition coefficient (Wildman–Crippen LogP) is 1.61. The van der Waals surface area contributed by atoms with Crippen molar-refractivity contribution < 1.29 is 38.0 Å². The lowest BCUT2D eigenvalue weighted by Crippen LogP contribution is -2.35. The summed E-state index contributed by atoms with van der Waals surface area (Å²) in [5.41, 5.74) is -0.0458. The van der Waals surface area contributed by atoms with Crippen LogP contribution in [0.3, 0.4) is 0 Å². The summed E-state index contributed by atoms with van der Waals surface area (Å²) in [7, 11) is 2.75. The Morgan fingerprint density at radius 1 is 1.19 bits per heavy atom. The van der Waals surface area contributed by atoms with Crippen LogP contribution in [-0.4, -0.2) is 63.3 Å². The normalized spacial score (nSPS) is 16.6. The van der Waals surface area contributed by atoms with Crippen molar-refractivity contribution in [1.29, 1.82) is 0 Å². The zero-order chi connectivity index (χ0) is 22.7. The van der Waals surface area contributed by atoms with Crippen molar-refractivity contribution in [2.45, 2.75) is 18.9 Å². The van der Waals surface area contributed by atoms with Gasteiger partial charge < -0.3 is 33.2 Å². The van der Waals surface area contributed by atoms with Crippen LogP contribution < -0.4 is 19.6 Å². The highest BCUT2D eigenvalue weighted by atomic mass is 16.7. The summed E-state index contributed by atoms with van der Waals surface area (Å²) in [5, 5.41) is 10.6. The first-order chi connectivity index (χ1) is 15.5. The molecule has 2 aliphatic heterocycles. The molecular formula is C22H25NO9. The van der Waals surface area contributed by atoms with Crippen LogP contribution in [0.4, 0.5) is 0 Å². The van der Waals surface area contributed by atoms with E-state index in [-0.39, 0.29) is 19.0 Å². The first-order valence-electron chi connectivity index (χ1n) is 10.2. The average Bonchev–Trinajstić information content (AvgIpc) is 3.28. The smallest absolute Gasteiger partial charge is 0.306 e. The van der Waals surface area contributed by atoms with E-state index in [1.54, 1.807) is 12.1 Å². The zero-order valence-corrected chi connectivity index (χ0v) is 17.9. The molecule has 0 amide bonds. The van der Waals surface area contributed by atoms with Crippen LogP contribution in [0.15, 0.2) is 27.4 Å². The molecule has 10 nitrogen and oxygen atoms in total. The van der Waals surface area contributed by atoms with Crippen LogP contribution in [0, 0.1) is 0 Å². The summed E-state index contributed by atoms with van der Waals surface area (Å²) >= 11 is 0. The minimum Gasteiger partial charge on any atom is -0.502 e. The molecule has 0 saturated carbocycles. The monoisotopic (exact) mass is 447 g/mol. The van der Waals surface area contributed by atoms with Gasteiger partial charge in [0.15, 0.2) is 17.3 Å². The average molecular weight is 447 g/mol. The molecule has 0 aliphatic carbocycles. The van der Waals surface area contributed by atoms with E-state index in [1.807, 2.05) is 0 Å². The molecule has 1 saturated heterocycles. The van der Waals surface area contributed by atoms with Gasteiger partial charge in [-0.15, -0.1) is 0 Å². The SMILES string of the molecule is COC(=O)C[C@H](c1cc(OC)c2c(c1)OCO2)c1oc(CN2CCOCC2)cc(=O)c1O. The maximum atomic E-state index is 12.6. The zero-order valence-electron chi connectivity index (χ0n) is 17.9. The third-order valence-corrected chi connectivity index (χ3v) is 5.48. The summed E-state index contributed by atoms with van der Waals surface area (Å²) in [4.78, 5) is 26.9. The van der Waals surface area contributed by atoms with E-state index >= 15 is 0 Å². The van der Waals surface area contributed by atoms with E-state index in [9.17, 15) is 14.7 Å². The molecule has 2 aliphatic rings. The fourth-order valence-corrected chi connectivity index (χ4v) is 3.81. The van der Waals surface area contributed by atoms with Gasteiger partial charge in [0.05, 0.1) is 46.3 Å². The topological polar surface area (TPSA) is 117 Å². The molecule has 0 bridgehead atoms. The van der Waals surface area contributed by atoms with Crippen LogP contribution in [0.2, 0.25) is 0 Å². The Bertz CT molecular complexity index is 1040. The van der Waals surface area contributed by atoms with E-state index in [0.29, 0.717) is 61.4 Å². The highest BCUT2D eigenvalue weighted by Gasteiger charge is 2.30. The Morgan fingerprint density at radius 2 is 1.97 bits per heavy atom. The third kappa shape index (κ3) is 4.51. The second-order valence-corrected chi connectivity index (χ2v) is 7.47. The molecule has 1 fully saturated rings. The fraction of sp³-hybridized carbons (Fsp3) is 0.455. The van der Waals surface area contributed by atoms with Crippen molar-refractivity contribution in [3.8, 4) is 23.0 Å². The van der Waals surface area contributed by atoms with Gasteiger partial charge in [0, 0.05) is 19.2 Å². The van der Waals surface area contributed by atoms with E-state index in [1.165, 1.54) is 20.3 Å². The molecule has 0 radical (unpaired) electrons. The van der Waals surface area contributed by atoms with Gasteiger partial charge in [-0.05, 0) is 17.7 Å². The number of aromatic hydroxyl groups is 1. The Hall–Kier alpha value is -3.24. The molecule has 10 heteroatoms. The molecule has 0 spiro atoms. The van der Waals surface area contributed by atoms with Gasteiger partial charge in [0.2, 0.25) is 23.7 Å². The second kappa shape index (κ2) is 9.49. The number of fused-ring (bicyclic) bond motifs is 1. The molecule has 1 atom stereocenters. The van der Waals surface area contributed by atoms with E-state index < -0.39 is 23.1 Å². The quantitative estimate of drug-likeness (QED) is 0.627. The summed E-state index contributed by atoms with van der Waals surface area (Å²) in [6, 6.07) is 4.60. The van der Waals surface area contributed by atoms with Crippen molar-refractivity contribution in [1.82, 2.24) is 4.90 Å². The van der Waals surface area contributed by atoms with E-state index in [0.717, 1.165) is 0 Å². The number of benzene rings is 1. The highest BCUT2D eigenvalue weighted by molar-refractivity contribution is 5.71. The number of carbonyl (C=O) groups excluding carboxylic acids is 1. The number of nitrogens with zero attached hydrogens (tertiary/aromatic N) is 1. The Kier molecular flexibility index (Phi) is 6.52. The number of methoxy groups -OCH3 is 2. The maximum absolute atomic E-state index is 12.6. The molecule has 1 aromatic heterocycles. The lowest BCUT2D eigenvalue weighted by Gasteiger charge is -2.26. The van der Waals surface area contributed by atoms with Crippen molar-refractivity contribution in [3.63, 3.8) is 0 Å². The van der Waals surface area contributed by atoms with Crippen LogP contribution in [0.1, 0.15) is 29.4 Å². The van der Waals surface area contributed by atoms with Crippen molar-refractivity contribution in [2.24, 2.45) is 0 Å². The summed E-state index contributed by atoms with van der Waals surface area (Å²) < 4.78 is 32.5. The van der Waals surface area contributed by atoms with Crippen LogP contribution in [0.25, 0.3) is 0 Å². The van der Waals surface area contributed by atoms with Crippen LogP contribution >= 0.6 is 0 Å².